The molecule has 0 bridgehead atoms. The Labute approximate surface area is 199 Å². The molecular formula is C25H23ClFN3O2S. The van der Waals surface area contributed by atoms with E-state index in [1.807, 2.05) is 26.0 Å². The van der Waals surface area contributed by atoms with Gasteiger partial charge in [-0.05, 0) is 62.2 Å². The van der Waals surface area contributed by atoms with Crippen LogP contribution in [0.3, 0.4) is 0 Å². The van der Waals surface area contributed by atoms with Gasteiger partial charge in [0.1, 0.15) is 5.82 Å². The van der Waals surface area contributed by atoms with Gasteiger partial charge in [0.2, 0.25) is 0 Å². The van der Waals surface area contributed by atoms with Crippen LogP contribution in [-0.2, 0) is 4.79 Å². The molecule has 0 unspecified atom stereocenters. The van der Waals surface area contributed by atoms with Crippen molar-refractivity contribution in [3.8, 4) is 0 Å². The maximum Gasteiger partial charge on any atom is 0.271 e. The molecule has 0 N–H and O–H groups in total. The van der Waals surface area contributed by atoms with E-state index in [2.05, 4.69) is 4.99 Å². The molecule has 0 radical (unpaired) electrons. The van der Waals surface area contributed by atoms with Crippen LogP contribution < -0.4 is 14.9 Å². The molecule has 4 rings (SSSR count). The summed E-state index contributed by atoms with van der Waals surface area (Å²) in [7, 11) is 0. The standard InChI is InChI=1S/C25H23ClFN3O2S/c1-4-29(5-2)24(32)21-15(3)28-25-30(22(21)17-8-10-18(26)11-9-17)23(31)20(33-25)14-16-6-12-19(27)13-7-16/h6-14,22H,4-5H2,1-3H3/b20-14+/t22-/m1/s1. The summed E-state index contributed by atoms with van der Waals surface area (Å²) in [5, 5.41) is 0.569. The van der Waals surface area contributed by atoms with Crippen LogP contribution >= 0.6 is 22.9 Å². The van der Waals surface area contributed by atoms with Crippen molar-refractivity contribution in [3.63, 3.8) is 0 Å². The van der Waals surface area contributed by atoms with Gasteiger partial charge in [0.15, 0.2) is 4.80 Å². The van der Waals surface area contributed by atoms with Crippen molar-refractivity contribution >= 4 is 34.9 Å². The smallest absolute Gasteiger partial charge is 0.271 e. The molecule has 33 heavy (non-hydrogen) atoms. The lowest BCUT2D eigenvalue weighted by atomic mass is 9.94. The third-order valence-corrected chi connectivity index (χ3v) is 6.89. The number of hydrogen-bond acceptors (Lipinski definition) is 4. The molecule has 1 aromatic heterocycles. The minimum atomic E-state index is -0.623. The summed E-state index contributed by atoms with van der Waals surface area (Å²) in [6.07, 6.45) is 1.72. The molecule has 170 valence electrons. The molecule has 2 heterocycles. The van der Waals surface area contributed by atoms with Crippen LogP contribution in [0.2, 0.25) is 5.02 Å². The number of thiazole rings is 1. The Morgan fingerprint density at radius 1 is 1.15 bits per heavy atom. The zero-order valence-electron chi connectivity index (χ0n) is 18.5. The van der Waals surface area contributed by atoms with Gasteiger partial charge in [-0.3, -0.25) is 14.2 Å². The SMILES string of the molecule is CCN(CC)C(=O)C1=C(C)N=c2s/c(=C/c3ccc(F)cc3)c(=O)n2[C@@H]1c1ccc(Cl)cc1. The molecular weight excluding hydrogens is 461 g/mol. The van der Waals surface area contributed by atoms with E-state index in [9.17, 15) is 14.0 Å². The number of rotatable bonds is 5. The van der Waals surface area contributed by atoms with Crippen LogP contribution in [-0.4, -0.2) is 28.5 Å². The third-order valence-electron chi connectivity index (χ3n) is 5.66. The first-order chi connectivity index (χ1) is 15.8. The molecule has 0 fully saturated rings. The second kappa shape index (κ2) is 9.45. The number of nitrogens with zero attached hydrogens (tertiary/aromatic N) is 3. The Bertz CT molecular complexity index is 1400. The largest absolute Gasteiger partial charge is 0.339 e. The number of carbonyl (C=O) groups excluding carboxylic acids is 1. The van der Waals surface area contributed by atoms with Gasteiger partial charge in [0.25, 0.3) is 11.5 Å². The first kappa shape index (κ1) is 23.1. The van der Waals surface area contributed by atoms with Crippen LogP contribution in [0.25, 0.3) is 6.08 Å². The van der Waals surface area contributed by atoms with Gasteiger partial charge >= 0.3 is 0 Å². The normalized spacial score (nSPS) is 15.9. The Hall–Kier alpha value is -3.03. The summed E-state index contributed by atoms with van der Waals surface area (Å²) in [5.41, 5.74) is 2.29. The maximum atomic E-state index is 13.6. The predicted molar refractivity (Wildman–Crippen MR) is 130 cm³/mol. The monoisotopic (exact) mass is 483 g/mol. The zero-order valence-corrected chi connectivity index (χ0v) is 20.1. The van der Waals surface area contributed by atoms with E-state index in [1.165, 1.54) is 23.5 Å². The lowest BCUT2D eigenvalue weighted by Gasteiger charge is -2.29. The van der Waals surface area contributed by atoms with Crippen molar-refractivity contribution in [2.75, 3.05) is 13.1 Å². The molecule has 0 aliphatic carbocycles. The Kier molecular flexibility index (Phi) is 6.63. The van der Waals surface area contributed by atoms with Crippen molar-refractivity contribution in [1.82, 2.24) is 9.47 Å². The summed E-state index contributed by atoms with van der Waals surface area (Å²) in [4.78, 5) is 33.9. The highest BCUT2D eigenvalue weighted by Gasteiger charge is 2.34. The second-order valence-corrected chi connectivity index (χ2v) is 9.11. The number of fused-ring (bicyclic) bond motifs is 1. The molecule has 0 spiro atoms. The highest BCUT2D eigenvalue weighted by Crippen LogP contribution is 2.31. The van der Waals surface area contributed by atoms with Gasteiger partial charge in [-0.25, -0.2) is 9.38 Å². The molecule has 3 aromatic rings. The van der Waals surface area contributed by atoms with Crippen molar-refractivity contribution in [2.24, 2.45) is 4.99 Å². The molecule has 8 heteroatoms. The number of carbonyl (C=O) groups is 1. The average molecular weight is 484 g/mol. The molecule has 1 aliphatic rings. The first-order valence-corrected chi connectivity index (χ1v) is 11.9. The van der Waals surface area contributed by atoms with Gasteiger partial charge in [-0.15, -0.1) is 0 Å². The molecule has 2 aromatic carbocycles. The van der Waals surface area contributed by atoms with Gasteiger partial charge < -0.3 is 4.90 Å². The molecule has 1 atom stereocenters. The maximum absolute atomic E-state index is 13.6. The summed E-state index contributed by atoms with van der Waals surface area (Å²) < 4.78 is 15.3. The van der Waals surface area contributed by atoms with E-state index >= 15 is 0 Å². The van der Waals surface area contributed by atoms with E-state index in [0.717, 1.165) is 5.56 Å². The topological polar surface area (TPSA) is 54.7 Å². The van der Waals surface area contributed by atoms with Crippen LogP contribution in [0.15, 0.2) is 69.6 Å². The van der Waals surface area contributed by atoms with Crippen molar-refractivity contribution < 1.29 is 9.18 Å². The number of likely N-dealkylation sites (N-methyl/N-ethyl adjacent to an activating group) is 1. The highest BCUT2D eigenvalue weighted by molar-refractivity contribution is 7.07. The molecule has 0 saturated carbocycles. The highest BCUT2D eigenvalue weighted by atomic mass is 35.5. The van der Waals surface area contributed by atoms with Crippen LogP contribution in [0.4, 0.5) is 4.39 Å². The summed E-state index contributed by atoms with van der Waals surface area (Å²) >= 11 is 7.36. The quantitative estimate of drug-likeness (QED) is 0.552. The second-order valence-electron chi connectivity index (χ2n) is 7.66. The fraction of sp³-hybridized carbons (Fsp3) is 0.240. The number of allylic oxidation sites excluding steroid dienone is 1. The van der Waals surface area contributed by atoms with E-state index in [-0.39, 0.29) is 17.3 Å². The van der Waals surface area contributed by atoms with E-state index in [0.29, 0.717) is 44.3 Å². The predicted octanol–water partition coefficient (Wildman–Crippen LogP) is 3.90. The number of halogens is 2. The number of hydrogen-bond donors (Lipinski definition) is 0. The summed E-state index contributed by atoms with van der Waals surface area (Å²) in [6.45, 7) is 6.75. The zero-order chi connectivity index (χ0) is 23.7. The minimum Gasteiger partial charge on any atom is -0.339 e. The Morgan fingerprint density at radius 3 is 2.39 bits per heavy atom. The first-order valence-electron chi connectivity index (χ1n) is 10.7. The fourth-order valence-corrected chi connectivity index (χ4v) is 5.12. The fourth-order valence-electron chi connectivity index (χ4n) is 3.95. The van der Waals surface area contributed by atoms with Gasteiger partial charge in [-0.1, -0.05) is 47.2 Å². The van der Waals surface area contributed by atoms with Crippen LogP contribution in [0.1, 0.15) is 37.9 Å². The molecule has 1 aliphatic heterocycles. The molecule has 5 nitrogen and oxygen atoms in total. The van der Waals surface area contributed by atoms with Gasteiger partial charge in [0, 0.05) is 18.1 Å². The Balaban J connectivity index is 1.95. The van der Waals surface area contributed by atoms with Crippen molar-refractivity contribution in [3.05, 3.63) is 101 Å². The third kappa shape index (κ3) is 4.43. The van der Waals surface area contributed by atoms with E-state index < -0.39 is 6.04 Å². The van der Waals surface area contributed by atoms with Crippen molar-refractivity contribution in [2.45, 2.75) is 26.8 Å². The van der Waals surface area contributed by atoms with Gasteiger partial charge in [0.05, 0.1) is 21.8 Å². The van der Waals surface area contributed by atoms with Gasteiger partial charge in [-0.2, -0.15) is 0 Å². The summed E-state index contributed by atoms with van der Waals surface area (Å²) in [6, 6.07) is 12.5. The number of amides is 1. The lowest BCUT2D eigenvalue weighted by molar-refractivity contribution is -0.127. The number of benzene rings is 2. The average Bonchev–Trinajstić information content (AvgIpc) is 3.10. The molecule has 1 amide bonds. The minimum absolute atomic E-state index is 0.144. The Morgan fingerprint density at radius 2 is 1.79 bits per heavy atom. The van der Waals surface area contributed by atoms with Crippen LogP contribution in [0, 0.1) is 5.82 Å². The summed E-state index contributed by atoms with van der Waals surface area (Å²) in [5.74, 6) is -0.486. The van der Waals surface area contributed by atoms with Crippen LogP contribution in [0.5, 0.6) is 0 Å². The van der Waals surface area contributed by atoms with E-state index in [4.69, 9.17) is 11.6 Å². The van der Waals surface area contributed by atoms with Crippen molar-refractivity contribution in [1.29, 1.82) is 0 Å². The van der Waals surface area contributed by atoms with E-state index in [1.54, 1.807) is 46.7 Å². The number of aromatic nitrogens is 1. The molecule has 0 saturated heterocycles. The lowest BCUT2D eigenvalue weighted by Crippen LogP contribution is -2.43.